The number of benzene rings is 2. The molecule has 1 amide bonds. The molecule has 1 N–H and O–H groups in total. The van der Waals surface area contributed by atoms with E-state index in [1.807, 2.05) is 49.3 Å². The van der Waals surface area contributed by atoms with Crippen LogP contribution in [0.25, 0.3) is 5.76 Å². The number of ketones is 1. The summed E-state index contributed by atoms with van der Waals surface area (Å²) in [7, 11) is 5.40. The molecule has 0 aromatic heterocycles. The number of aliphatic hydroxyl groups excluding tert-OH is 1. The lowest BCUT2D eigenvalue weighted by atomic mass is 9.95. The predicted octanol–water partition coefficient (Wildman–Crippen LogP) is 3.72. The molecule has 1 fully saturated rings. The number of amides is 1. The van der Waals surface area contributed by atoms with Gasteiger partial charge in [-0.25, -0.2) is 0 Å². The number of methoxy groups -OCH3 is 1. The van der Waals surface area contributed by atoms with Crippen LogP contribution in [0, 0.1) is 0 Å². The molecule has 2 aromatic carbocycles. The molecule has 2 aromatic rings. The van der Waals surface area contributed by atoms with Gasteiger partial charge in [0, 0.05) is 12.1 Å². The zero-order valence-corrected chi connectivity index (χ0v) is 18.0. The first-order valence-corrected chi connectivity index (χ1v) is 10.0. The molecule has 1 aliphatic heterocycles. The summed E-state index contributed by atoms with van der Waals surface area (Å²) < 4.78 is 5.15. The molecule has 0 radical (unpaired) electrons. The van der Waals surface area contributed by atoms with Crippen LogP contribution in [-0.2, 0) is 9.59 Å². The van der Waals surface area contributed by atoms with Crippen molar-refractivity contribution in [3.05, 3.63) is 70.3 Å². The Morgan fingerprint density at radius 2 is 1.87 bits per heavy atom. The van der Waals surface area contributed by atoms with Crippen molar-refractivity contribution >= 4 is 29.1 Å². The predicted molar refractivity (Wildman–Crippen MR) is 117 cm³/mol. The number of halogens is 1. The Kier molecular flexibility index (Phi) is 6.80. The highest BCUT2D eigenvalue weighted by molar-refractivity contribution is 6.46. The van der Waals surface area contributed by atoms with E-state index < -0.39 is 17.7 Å². The SMILES string of the molecule is COc1ccc(C(O)=C2C(=O)C(=O)N(CCCN(C)C)[C@H]2c2ccccc2)cc1Cl. The van der Waals surface area contributed by atoms with E-state index in [1.165, 1.54) is 18.1 Å². The summed E-state index contributed by atoms with van der Waals surface area (Å²) in [6, 6.07) is 13.4. The molecule has 158 valence electrons. The summed E-state index contributed by atoms with van der Waals surface area (Å²) in [5.74, 6) is -1.10. The van der Waals surface area contributed by atoms with E-state index in [-0.39, 0.29) is 11.3 Å². The molecule has 0 saturated carbocycles. The summed E-state index contributed by atoms with van der Waals surface area (Å²) in [4.78, 5) is 29.4. The second kappa shape index (κ2) is 9.32. The molecule has 6 nitrogen and oxygen atoms in total. The van der Waals surface area contributed by atoms with Crippen LogP contribution in [0.4, 0.5) is 0 Å². The highest BCUT2D eigenvalue weighted by Gasteiger charge is 2.45. The Morgan fingerprint density at radius 1 is 1.17 bits per heavy atom. The number of Topliss-reactive ketones (excluding diaryl/α,β-unsaturated/α-hetero) is 1. The number of rotatable bonds is 7. The molecule has 0 spiro atoms. The van der Waals surface area contributed by atoms with Crippen LogP contribution in [-0.4, -0.2) is 60.9 Å². The quantitative estimate of drug-likeness (QED) is 0.413. The first-order valence-electron chi connectivity index (χ1n) is 9.67. The largest absolute Gasteiger partial charge is 0.507 e. The van der Waals surface area contributed by atoms with Crippen molar-refractivity contribution in [3.8, 4) is 5.75 Å². The van der Waals surface area contributed by atoms with E-state index in [4.69, 9.17) is 16.3 Å². The second-order valence-electron chi connectivity index (χ2n) is 7.41. The molecule has 1 aliphatic rings. The number of nitrogens with zero attached hydrogens (tertiary/aromatic N) is 2. The maximum absolute atomic E-state index is 12.9. The Balaban J connectivity index is 2.08. The fraction of sp³-hybridized carbons (Fsp3) is 0.304. The Labute approximate surface area is 181 Å². The zero-order chi connectivity index (χ0) is 21.8. The smallest absolute Gasteiger partial charge is 0.295 e. The van der Waals surface area contributed by atoms with Crippen molar-refractivity contribution in [2.24, 2.45) is 0 Å². The number of aliphatic hydroxyl groups is 1. The Morgan fingerprint density at radius 3 is 2.47 bits per heavy atom. The van der Waals surface area contributed by atoms with E-state index in [9.17, 15) is 14.7 Å². The summed E-state index contributed by atoms with van der Waals surface area (Å²) in [5.41, 5.74) is 1.19. The molecule has 1 atom stereocenters. The molecule has 30 heavy (non-hydrogen) atoms. The second-order valence-corrected chi connectivity index (χ2v) is 7.82. The van der Waals surface area contributed by atoms with Crippen molar-refractivity contribution in [3.63, 3.8) is 0 Å². The van der Waals surface area contributed by atoms with Gasteiger partial charge in [0.1, 0.15) is 11.5 Å². The van der Waals surface area contributed by atoms with Gasteiger partial charge < -0.3 is 19.6 Å². The van der Waals surface area contributed by atoms with Crippen molar-refractivity contribution in [2.75, 3.05) is 34.3 Å². The number of hydrogen-bond acceptors (Lipinski definition) is 5. The van der Waals surface area contributed by atoms with Gasteiger partial charge in [-0.05, 0) is 50.8 Å². The number of ether oxygens (including phenoxy) is 1. The van der Waals surface area contributed by atoms with E-state index >= 15 is 0 Å². The third-order valence-corrected chi connectivity index (χ3v) is 5.38. The molecule has 1 heterocycles. The molecular formula is C23H25ClN2O4. The van der Waals surface area contributed by atoms with Gasteiger partial charge in [0.2, 0.25) is 0 Å². The van der Waals surface area contributed by atoms with Crippen LogP contribution in [0.2, 0.25) is 5.02 Å². The first kappa shape index (κ1) is 21.9. The van der Waals surface area contributed by atoms with Gasteiger partial charge in [-0.15, -0.1) is 0 Å². The lowest BCUT2D eigenvalue weighted by Gasteiger charge is -2.26. The van der Waals surface area contributed by atoms with Gasteiger partial charge in [0.15, 0.2) is 0 Å². The van der Waals surface area contributed by atoms with Crippen LogP contribution in [0.5, 0.6) is 5.75 Å². The van der Waals surface area contributed by atoms with Gasteiger partial charge in [0.25, 0.3) is 11.7 Å². The number of likely N-dealkylation sites (tertiary alicyclic amines) is 1. The molecule has 0 unspecified atom stereocenters. The van der Waals surface area contributed by atoms with Crippen LogP contribution < -0.4 is 4.74 Å². The Hall–Kier alpha value is -2.83. The van der Waals surface area contributed by atoms with Gasteiger partial charge in [0.05, 0.1) is 23.7 Å². The van der Waals surface area contributed by atoms with Crippen molar-refractivity contribution in [1.29, 1.82) is 0 Å². The minimum absolute atomic E-state index is 0.0669. The van der Waals surface area contributed by atoms with Crippen LogP contribution in [0.15, 0.2) is 54.1 Å². The van der Waals surface area contributed by atoms with E-state index in [0.29, 0.717) is 29.3 Å². The molecule has 7 heteroatoms. The third-order valence-electron chi connectivity index (χ3n) is 5.08. The highest BCUT2D eigenvalue weighted by Crippen LogP contribution is 2.40. The summed E-state index contributed by atoms with van der Waals surface area (Å²) in [6.45, 7) is 1.18. The average Bonchev–Trinajstić information content (AvgIpc) is 2.98. The fourth-order valence-corrected chi connectivity index (χ4v) is 3.88. The van der Waals surface area contributed by atoms with Gasteiger partial charge in [-0.3, -0.25) is 9.59 Å². The summed E-state index contributed by atoms with van der Waals surface area (Å²) >= 11 is 6.20. The normalized spacial score (nSPS) is 18.3. The van der Waals surface area contributed by atoms with E-state index in [2.05, 4.69) is 0 Å². The summed E-state index contributed by atoms with van der Waals surface area (Å²) in [6.07, 6.45) is 0.706. The van der Waals surface area contributed by atoms with Crippen molar-refractivity contribution in [1.82, 2.24) is 9.80 Å². The number of hydrogen-bond donors (Lipinski definition) is 1. The van der Waals surface area contributed by atoms with Gasteiger partial charge in [-0.2, -0.15) is 0 Å². The zero-order valence-electron chi connectivity index (χ0n) is 17.3. The average molecular weight is 429 g/mol. The fourth-order valence-electron chi connectivity index (χ4n) is 3.62. The van der Waals surface area contributed by atoms with Crippen LogP contribution in [0.3, 0.4) is 0 Å². The monoisotopic (exact) mass is 428 g/mol. The minimum Gasteiger partial charge on any atom is -0.507 e. The standard InChI is InChI=1S/C23H25ClN2O4/c1-25(2)12-7-13-26-20(15-8-5-4-6-9-15)19(22(28)23(26)29)21(27)16-10-11-18(30-3)17(24)14-16/h4-6,8-11,14,20,27H,7,12-13H2,1-3H3/t20-/m0/s1. The van der Waals surface area contributed by atoms with Crippen LogP contribution >= 0.6 is 11.6 Å². The number of carbonyl (C=O) groups is 2. The topological polar surface area (TPSA) is 70.1 Å². The number of carbonyl (C=O) groups excluding carboxylic acids is 2. The molecule has 1 saturated heterocycles. The molecule has 0 aliphatic carbocycles. The van der Waals surface area contributed by atoms with Crippen LogP contribution in [0.1, 0.15) is 23.6 Å². The molecule has 0 bridgehead atoms. The lowest BCUT2D eigenvalue weighted by molar-refractivity contribution is -0.139. The van der Waals surface area contributed by atoms with Gasteiger partial charge in [-0.1, -0.05) is 41.9 Å². The maximum Gasteiger partial charge on any atom is 0.295 e. The third kappa shape index (κ3) is 4.35. The van der Waals surface area contributed by atoms with E-state index in [1.54, 1.807) is 12.1 Å². The van der Waals surface area contributed by atoms with Gasteiger partial charge >= 0.3 is 0 Å². The first-order chi connectivity index (χ1) is 14.3. The lowest BCUT2D eigenvalue weighted by Crippen LogP contribution is -2.32. The molecule has 3 rings (SSSR count). The molecular weight excluding hydrogens is 404 g/mol. The van der Waals surface area contributed by atoms with Crippen molar-refractivity contribution < 1.29 is 19.4 Å². The summed E-state index contributed by atoms with van der Waals surface area (Å²) in [5, 5.41) is 11.3. The maximum atomic E-state index is 12.9. The highest BCUT2D eigenvalue weighted by atomic mass is 35.5. The van der Waals surface area contributed by atoms with Crippen molar-refractivity contribution in [2.45, 2.75) is 12.5 Å². The minimum atomic E-state index is -0.696. The Bertz CT molecular complexity index is 972. The van der Waals surface area contributed by atoms with E-state index in [0.717, 1.165) is 12.1 Å².